The third-order valence-corrected chi connectivity index (χ3v) is 7.81. The number of likely N-dealkylation sites (tertiary alicyclic amines) is 1. The van der Waals surface area contributed by atoms with Crippen LogP contribution in [0.15, 0.2) is 6.20 Å². The number of fused-ring (bicyclic) bond motifs is 1. The third-order valence-electron chi connectivity index (χ3n) is 7.81. The first-order valence-corrected chi connectivity index (χ1v) is 11.7. The predicted molar refractivity (Wildman–Crippen MR) is 113 cm³/mol. The van der Waals surface area contributed by atoms with Crippen LogP contribution in [0.1, 0.15) is 54.6 Å². The van der Waals surface area contributed by atoms with Crippen molar-refractivity contribution < 1.29 is 19.4 Å². The van der Waals surface area contributed by atoms with Crippen LogP contribution < -0.4 is 5.32 Å². The molecule has 1 aromatic heterocycles. The lowest BCUT2D eigenvalue weighted by Gasteiger charge is -2.53. The van der Waals surface area contributed by atoms with Crippen LogP contribution in [0.25, 0.3) is 0 Å². The van der Waals surface area contributed by atoms with E-state index in [1.807, 2.05) is 0 Å². The van der Waals surface area contributed by atoms with Gasteiger partial charge in [0.2, 0.25) is 5.91 Å². The van der Waals surface area contributed by atoms with Gasteiger partial charge in [0.15, 0.2) is 0 Å². The minimum absolute atomic E-state index is 0.148. The molecule has 9 nitrogen and oxygen atoms in total. The minimum Gasteiger partial charge on any atom is -0.477 e. The number of carboxylic acid groups (broad SMARTS) is 1. The topological polar surface area (TPSA) is 111 Å². The number of hydrogen-bond acceptors (Lipinski definition) is 6. The lowest BCUT2D eigenvalue weighted by molar-refractivity contribution is -0.145. The molecule has 0 spiro atoms. The number of morpholine rings is 1. The summed E-state index contributed by atoms with van der Waals surface area (Å²) in [6.45, 7) is 5.67. The Labute approximate surface area is 182 Å². The molecule has 0 radical (unpaired) electrons. The molecule has 31 heavy (non-hydrogen) atoms. The third kappa shape index (κ3) is 4.23. The molecule has 2 saturated heterocycles. The molecule has 4 fully saturated rings. The molecule has 2 aliphatic carbocycles. The van der Waals surface area contributed by atoms with Crippen molar-refractivity contribution >= 4 is 11.9 Å². The van der Waals surface area contributed by atoms with Crippen LogP contribution >= 0.6 is 0 Å². The number of H-pyrrole nitrogens is 1. The summed E-state index contributed by atoms with van der Waals surface area (Å²) in [5.41, 5.74) is 0.455. The first-order valence-electron chi connectivity index (χ1n) is 11.7. The van der Waals surface area contributed by atoms with Crippen LogP contribution in [0.4, 0.5) is 0 Å². The van der Waals surface area contributed by atoms with Crippen molar-refractivity contribution in [2.24, 2.45) is 11.3 Å². The molecule has 9 heteroatoms. The van der Waals surface area contributed by atoms with Crippen molar-refractivity contribution in [1.29, 1.82) is 0 Å². The average Bonchev–Trinajstić information content (AvgIpc) is 3.48. The first kappa shape index (κ1) is 20.9. The average molecular weight is 432 g/mol. The number of rotatable bonds is 6. The Morgan fingerprint density at radius 1 is 1.23 bits per heavy atom. The molecule has 0 aromatic carbocycles. The van der Waals surface area contributed by atoms with Gasteiger partial charge < -0.3 is 15.2 Å². The number of carboxylic acids is 1. The second-order valence-electron chi connectivity index (χ2n) is 9.75. The van der Waals surface area contributed by atoms with Crippen LogP contribution in [0.2, 0.25) is 0 Å². The van der Waals surface area contributed by atoms with Gasteiger partial charge in [-0.2, -0.15) is 5.10 Å². The zero-order valence-corrected chi connectivity index (χ0v) is 18.0. The summed E-state index contributed by atoms with van der Waals surface area (Å²) in [4.78, 5) is 29.8. The molecule has 3 heterocycles. The number of aromatic amines is 1. The summed E-state index contributed by atoms with van der Waals surface area (Å²) in [6.07, 6.45) is 7.74. The van der Waals surface area contributed by atoms with Crippen molar-refractivity contribution in [3.8, 4) is 0 Å². The summed E-state index contributed by atoms with van der Waals surface area (Å²) < 4.78 is 5.53. The maximum atomic E-state index is 13.5. The monoisotopic (exact) mass is 431 g/mol. The molecule has 0 bridgehead atoms. The Hall–Kier alpha value is -1.97. The summed E-state index contributed by atoms with van der Waals surface area (Å²) in [5, 5.41) is 19.2. The van der Waals surface area contributed by atoms with Gasteiger partial charge in [-0.3, -0.25) is 19.7 Å². The smallest absolute Gasteiger partial charge is 0.354 e. The SMILES string of the molecule is O=C(O)c1[nH]ncc1CN1CC[C@@H]2C[C@H](N3CCOCC3)CC[C@@]2(C(=O)NC2CC2)C1. The van der Waals surface area contributed by atoms with E-state index < -0.39 is 5.97 Å². The standard InChI is InChI=1S/C22H33N5O4/c28-20(29)19-15(12-23-25-19)13-26-6-4-16-11-18(27-7-9-31-10-8-27)3-5-22(16,14-26)21(30)24-17-1-2-17/h12,16-18H,1-11,13-14H2,(H,23,25)(H,24,30)(H,28,29)/t16-,18-,22-/m1/s1. The maximum absolute atomic E-state index is 13.5. The highest BCUT2D eigenvalue weighted by Gasteiger charge is 2.53. The Morgan fingerprint density at radius 2 is 2.03 bits per heavy atom. The van der Waals surface area contributed by atoms with Gasteiger partial charge in [-0.05, 0) is 51.0 Å². The number of nitrogens with zero attached hydrogens (tertiary/aromatic N) is 3. The van der Waals surface area contributed by atoms with Gasteiger partial charge in [0.05, 0.1) is 24.8 Å². The zero-order valence-electron chi connectivity index (χ0n) is 18.0. The number of amides is 1. The number of ether oxygens (including phenoxy) is 1. The number of carbonyl (C=O) groups is 2. The van der Waals surface area contributed by atoms with E-state index in [-0.39, 0.29) is 17.0 Å². The van der Waals surface area contributed by atoms with Crippen molar-refractivity contribution in [2.45, 2.75) is 57.2 Å². The van der Waals surface area contributed by atoms with E-state index in [2.05, 4.69) is 25.3 Å². The number of aromatic carboxylic acids is 1. The van der Waals surface area contributed by atoms with Gasteiger partial charge in [0.1, 0.15) is 5.69 Å². The molecule has 1 amide bonds. The Bertz CT molecular complexity index is 819. The summed E-state index contributed by atoms with van der Waals surface area (Å²) in [5.74, 6) is -0.405. The zero-order chi connectivity index (χ0) is 21.4. The van der Waals surface area contributed by atoms with Crippen LogP contribution in [-0.2, 0) is 16.1 Å². The van der Waals surface area contributed by atoms with Gasteiger partial charge in [0.25, 0.3) is 0 Å². The van der Waals surface area contributed by atoms with Gasteiger partial charge in [-0.1, -0.05) is 0 Å². The Balaban J connectivity index is 1.33. The van der Waals surface area contributed by atoms with E-state index in [0.717, 1.165) is 71.4 Å². The molecule has 0 unspecified atom stereocenters. The quantitative estimate of drug-likeness (QED) is 0.618. The number of nitrogens with one attached hydrogen (secondary N) is 2. The molecule has 170 valence electrons. The van der Waals surface area contributed by atoms with E-state index in [4.69, 9.17) is 4.74 Å². The molecule has 5 rings (SSSR count). The molecule has 2 saturated carbocycles. The maximum Gasteiger partial charge on any atom is 0.354 e. The van der Waals surface area contributed by atoms with Gasteiger partial charge in [0, 0.05) is 43.8 Å². The molecule has 3 N–H and O–H groups in total. The summed E-state index contributed by atoms with van der Waals surface area (Å²) in [7, 11) is 0. The highest BCUT2D eigenvalue weighted by molar-refractivity contribution is 5.87. The lowest BCUT2D eigenvalue weighted by atomic mass is 9.60. The van der Waals surface area contributed by atoms with Gasteiger partial charge in [-0.25, -0.2) is 4.79 Å². The minimum atomic E-state index is -0.991. The van der Waals surface area contributed by atoms with Gasteiger partial charge in [-0.15, -0.1) is 0 Å². The fourth-order valence-corrected chi connectivity index (χ4v) is 5.91. The van der Waals surface area contributed by atoms with Crippen LogP contribution in [-0.4, -0.2) is 88.5 Å². The number of hydrogen-bond donors (Lipinski definition) is 3. The van der Waals surface area contributed by atoms with Gasteiger partial charge >= 0.3 is 5.97 Å². The van der Waals surface area contributed by atoms with E-state index >= 15 is 0 Å². The molecule has 3 atom stereocenters. The highest BCUT2D eigenvalue weighted by Crippen LogP contribution is 2.48. The highest BCUT2D eigenvalue weighted by atomic mass is 16.5. The predicted octanol–water partition coefficient (Wildman–Crippen LogP) is 1.08. The fraction of sp³-hybridized carbons (Fsp3) is 0.773. The molecule has 4 aliphatic rings. The number of piperidine rings is 1. The lowest BCUT2D eigenvalue weighted by Crippen LogP contribution is -2.61. The van der Waals surface area contributed by atoms with Crippen LogP contribution in [0, 0.1) is 11.3 Å². The Morgan fingerprint density at radius 3 is 2.77 bits per heavy atom. The van der Waals surface area contributed by atoms with E-state index in [1.165, 1.54) is 0 Å². The second-order valence-corrected chi connectivity index (χ2v) is 9.75. The van der Waals surface area contributed by atoms with Crippen molar-refractivity contribution in [3.05, 3.63) is 17.5 Å². The van der Waals surface area contributed by atoms with Crippen LogP contribution in [0.3, 0.4) is 0 Å². The fourth-order valence-electron chi connectivity index (χ4n) is 5.91. The largest absolute Gasteiger partial charge is 0.477 e. The second kappa shape index (κ2) is 8.52. The summed E-state index contributed by atoms with van der Waals surface area (Å²) in [6, 6.07) is 0.886. The van der Waals surface area contributed by atoms with Crippen molar-refractivity contribution in [3.63, 3.8) is 0 Å². The molecular weight excluding hydrogens is 398 g/mol. The number of carbonyl (C=O) groups excluding carboxylic acids is 1. The van der Waals surface area contributed by atoms with E-state index in [1.54, 1.807) is 6.20 Å². The van der Waals surface area contributed by atoms with E-state index in [0.29, 0.717) is 36.7 Å². The first-order chi connectivity index (χ1) is 15.0. The van der Waals surface area contributed by atoms with E-state index in [9.17, 15) is 14.7 Å². The molecule has 2 aliphatic heterocycles. The van der Waals surface area contributed by atoms with Crippen molar-refractivity contribution in [1.82, 2.24) is 25.3 Å². The normalized spacial score (nSPS) is 32.4. The summed E-state index contributed by atoms with van der Waals surface area (Å²) >= 11 is 0. The molecular formula is C22H33N5O4. The van der Waals surface area contributed by atoms with Crippen LogP contribution in [0.5, 0.6) is 0 Å². The van der Waals surface area contributed by atoms with Crippen molar-refractivity contribution in [2.75, 3.05) is 39.4 Å². The Kier molecular flexibility index (Phi) is 5.75. The molecule has 1 aromatic rings. The number of aromatic nitrogens is 2.